The van der Waals surface area contributed by atoms with Gasteiger partial charge in [0.25, 0.3) is 0 Å². The molecule has 0 saturated heterocycles. The van der Waals surface area contributed by atoms with Crippen LogP contribution < -0.4 is 5.73 Å². The molecule has 0 radical (unpaired) electrons. The van der Waals surface area contributed by atoms with Crippen molar-refractivity contribution in [3.05, 3.63) is 38.3 Å². The second-order valence-electron chi connectivity index (χ2n) is 4.56. The van der Waals surface area contributed by atoms with Crippen LogP contribution in [0.5, 0.6) is 0 Å². The van der Waals surface area contributed by atoms with E-state index in [-0.39, 0.29) is 12.1 Å². The maximum atomic E-state index is 6.30. The number of halogens is 1. The van der Waals surface area contributed by atoms with E-state index in [2.05, 4.69) is 57.1 Å². The van der Waals surface area contributed by atoms with Gasteiger partial charge in [-0.3, -0.25) is 4.68 Å². The first kappa shape index (κ1) is 13.8. The predicted octanol–water partition coefficient (Wildman–Crippen LogP) is 3.65. The van der Waals surface area contributed by atoms with Gasteiger partial charge in [-0.05, 0) is 48.3 Å². The molecule has 2 atom stereocenters. The van der Waals surface area contributed by atoms with E-state index < -0.39 is 0 Å². The topological polar surface area (TPSA) is 43.8 Å². The third kappa shape index (κ3) is 2.68. The Labute approximate surface area is 120 Å². The van der Waals surface area contributed by atoms with Gasteiger partial charge in [-0.15, -0.1) is 11.3 Å². The fourth-order valence-corrected chi connectivity index (χ4v) is 3.75. The quantitative estimate of drug-likeness (QED) is 0.931. The van der Waals surface area contributed by atoms with Gasteiger partial charge in [-0.25, -0.2) is 0 Å². The molecule has 2 unspecified atom stereocenters. The van der Waals surface area contributed by atoms with Crippen LogP contribution in [0.3, 0.4) is 0 Å². The third-order valence-electron chi connectivity index (χ3n) is 3.06. The lowest BCUT2D eigenvalue weighted by molar-refractivity contribution is 0.421. The van der Waals surface area contributed by atoms with E-state index in [0.29, 0.717) is 0 Å². The zero-order chi connectivity index (χ0) is 13.3. The summed E-state index contributed by atoms with van der Waals surface area (Å²) in [5.74, 6) is 0. The molecule has 0 aliphatic heterocycles. The Morgan fingerprint density at radius 2 is 2.17 bits per heavy atom. The van der Waals surface area contributed by atoms with Crippen LogP contribution in [0.15, 0.2) is 22.0 Å². The molecule has 0 aliphatic rings. The highest BCUT2D eigenvalue weighted by atomic mass is 79.9. The summed E-state index contributed by atoms with van der Waals surface area (Å²) in [6.45, 7) is 6.21. The summed E-state index contributed by atoms with van der Waals surface area (Å²) < 4.78 is 3.17. The van der Waals surface area contributed by atoms with E-state index in [1.807, 2.05) is 6.92 Å². The number of aryl methyl sites for hydroxylation is 2. The fourth-order valence-electron chi connectivity index (χ4n) is 2.15. The van der Waals surface area contributed by atoms with Crippen LogP contribution >= 0.6 is 27.3 Å². The summed E-state index contributed by atoms with van der Waals surface area (Å²) in [6, 6.07) is 4.44. The van der Waals surface area contributed by atoms with E-state index >= 15 is 0 Å². The van der Waals surface area contributed by atoms with Crippen molar-refractivity contribution in [2.45, 2.75) is 39.3 Å². The Balaban J connectivity index is 2.46. The molecule has 3 nitrogen and oxygen atoms in total. The van der Waals surface area contributed by atoms with Crippen LogP contribution in [0.4, 0.5) is 0 Å². The number of thiophene rings is 1. The van der Waals surface area contributed by atoms with Crippen molar-refractivity contribution in [2.75, 3.05) is 0 Å². The highest BCUT2D eigenvalue weighted by Gasteiger charge is 2.24. The lowest BCUT2D eigenvalue weighted by Gasteiger charge is -2.23. The summed E-state index contributed by atoms with van der Waals surface area (Å²) in [6.07, 6.45) is 0.929. The van der Waals surface area contributed by atoms with Gasteiger partial charge in [0.05, 0.1) is 5.69 Å². The van der Waals surface area contributed by atoms with Crippen LogP contribution in [-0.4, -0.2) is 15.8 Å². The molecule has 2 heterocycles. The molecule has 0 bridgehead atoms. The molecular formula is C13H18BrN3S. The summed E-state index contributed by atoms with van der Waals surface area (Å²) in [5.41, 5.74) is 8.50. The van der Waals surface area contributed by atoms with Gasteiger partial charge in [-0.2, -0.15) is 5.10 Å². The molecular weight excluding hydrogens is 310 g/mol. The van der Waals surface area contributed by atoms with Crippen LogP contribution in [0, 0.1) is 13.8 Å². The monoisotopic (exact) mass is 327 g/mol. The molecule has 0 amide bonds. The lowest BCUT2D eigenvalue weighted by Crippen LogP contribution is -2.33. The van der Waals surface area contributed by atoms with Gasteiger partial charge >= 0.3 is 0 Å². The standard InChI is InChI=1S/C13H18BrN3S/c1-4-11(15)13(12-6-10(14)7-18-12)17-9(3)5-8(2)16-17/h5-7,11,13H,4,15H2,1-3H3. The SMILES string of the molecule is CCC(N)C(c1cc(Br)cs1)n1nc(C)cc1C. The summed E-state index contributed by atoms with van der Waals surface area (Å²) >= 11 is 5.23. The Morgan fingerprint density at radius 3 is 2.61 bits per heavy atom. The molecule has 2 aromatic heterocycles. The van der Waals surface area contributed by atoms with Gasteiger partial charge in [-0.1, -0.05) is 6.92 Å². The van der Waals surface area contributed by atoms with Crippen LogP contribution in [0.1, 0.15) is 35.7 Å². The lowest BCUT2D eigenvalue weighted by atomic mass is 10.1. The average molecular weight is 328 g/mol. The average Bonchev–Trinajstić information content (AvgIpc) is 2.86. The van der Waals surface area contributed by atoms with Gasteiger partial charge < -0.3 is 5.73 Å². The molecule has 5 heteroatoms. The summed E-state index contributed by atoms with van der Waals surface area (Å²) in [4.78, 5) is 1.25. The Kier molecular flexibility index (Phi) is 4.25. The van der Waals surface area contributed by atoms with Crippen LogP contribution in [-0.2, 0) is 0 Å². The number of hydrogen-bond donors (Lipinski definition) is 1. The molecule has 98 valence electrons. The largest absolute Gasteiger partial charge is 0.326 e. The summed E-state index contributed by atoms with van der Waals surface area (Å²) in [7, 11) is 0. The number of aromatic nitrogens is 2. The van der Waals surface area contributed by atoms with Gasteiger partial charge in [0.15, 0.2) is 0 Å². The highest BCUT2D eigenvalue weighted by molar-refractivity contribution is 9.10. The summed E-state index contributed by atoms with van der Waals surface area (Å²) in [5, 5.41) is 6.69. The number of rotatable bonds is 4. The highest BCUT2D eigenvalue weighted by Crippen LogP contribution is 2.31. The normalized spacial score (nSPS) is 14.7. The first-order valence-electron chi connectivity index (χ1n) is 6.05. The molecule has 2 aromatic rings. The van der Waals surface area contributed by atoms with E-state index in [4.69, 9.17) is 5.73 Å². The molecule has 0 saturated carbocycles. The Hall–Kier alpha value is -0.650. The predicted molar refractivity (Wildman–Crippen MR) is 80.1 cm³/mol. The number of nitrogens with two attached hydrogens (primary N) is 1. The molecule has 0 aromatic carbocycles. The van der Waals surface area contributed by atoms with E-state index in [1.165, 1.54) is 4.88 Å². The van der Waals surface area contributed by atoms with Crippen molar-refractivity contribution in [2.24, 2.45) is 5.73 Å². The molecule has 2 rings (SSSR count). The molecule has 0 fully saturated rings. The minimum Gasteiger partial charge on any atom is -0.326 e. The Bertz CT molecular complexity index is 532. The zero-order valence-corrected chi connectivity index (χ0v) is 13.3. The minimum absolute atomic E-state index is 0.0774. The van der Waals surface area contributed by atoms with Crippen molar-refractivity contribution in [3.8, 4) is 0 Å². The van der Waals surface area contributed by atoms with Gasteiger partial charge in [0, 0.05) is 26.5 Å². The second-order valence-corrected chi connectivity index (χ2v) is 6.41. The first-order chi connectivity index (χ1) is 8.52. The first-order valence-corrected chi connectivity index (χ1v) is 7.72. The van der Waals surface area contributed by atoms with Crippen molar-refractivity contribution >= 4 is 27.3 Å². The van der Waals surface area contributed by atoms with Gasteiger partial charge in [0.2, 0.25) is 0 Å². The molecule has 2 N–H and O–H groups in total. The van der Waals surface area contributed by atoms with E-state index in [0.717, 1.165) is 22.3 Å². The maximum Gasteiger partial charge on any atom is 0.101 e. The maximum absolute atomic E-state index is 6.30. The van der Waals surface area contributed by atoms with Crippen molar-refractivity contribution in [1.82, 2.24) is 9.78 Å². The molecule has 0 spiro atoms. The van der Waals surface area contributed by atoms with Crippen molar-refractivity contribution in [1.29, 1.82) is 0 Å². The third-order valence-corrected chi connectivity index (χ3v) is 4.83. The second kappa shape index (κ2) is 5.55. The smallest absolute Gasteiger partial charge is 0.101 e. The minimum atomic E-state index is 0.0774. The van der Waals surface area contributed by atoms with Crippen molar-refractivity contribution < 1.29 is 0 Å². The van der Waals surface area contributed by atoms with Crippen molar-refractivity contribution in [3.63, 3.8) is 0 Å². The van der Waals surface area contributed by atoms with Crippen LogP contribution in [0.2, 0.25) is 0 Å². The zero-order valence-electron chi connectivity index (χ0n) is 10.9. The van der Waals surface area contributed by atoms with E-state index in [1.54, 1.807) is 11.3 Å². The van der Waals surface area contributed by atoms with Crippen LogP contribution in [0.25, 0.3) is 0 Å². The number of hydrogen-bond acceptors (Lipinski definition) is 3. The Morgan fingerprint density at radius 1 is 1.44 bits per heavy atom. The fraction of sp³-hybridized carbons (Fsp3) is 0.462. The molecule has 0 aliphatic carbocycles. The van der Waals surface area contributed by atoms with E-state index in [9.17, 15) is 0 Å². The number of nitrogens with zero attached hydrogens (tertiary/aromatic N) is 2. The molecule has 18 heavy (non-hydrogen) atoms. The van der Waals surface area contributed by atoms with Gasteiger partial charge in [0.1, 0.15) is 6.04 Å².